The number of nitrogens with two attached hydrogens (primary N) is 1. The fourth-order valence-electron chi connectivity index (χ4n) is 1.99. The molecule has 5 heteroatoms. The summed E-state index contributed by atoms with van der Waals surface area (Å²) in [5.74, 6) is -1.49. The minimum Gasteiger partial charge on any atom is -0.480 e. The lowest BCUT2D eigenvalue weighted by Crippen LogP contribution is -2.42. The molecular weight excluding hydrogens is 268 g/mol. The third-order valence-electron chi connectivity index (χ3n) is 3.03. The zero-order valence-corrected chi connectivity index (χ0v) is 11.3. The van der Waals surface area contributed by atoms with Gasteiger partial charge in [0.05, 0.1) is 0 Å². The van der Waals surface area contributed by atoms with E-state index in [0.717, 1.165) is 5.56 Å². The van der Waals surface area contributed by atoms with Crippen LogP contribution in [0.2, 0.25) is 0 Å². The Morgan fingerprint density at radius 1 is 1.10 bits per heavy atom. The fraction of sp³-hybridized carbons (Fsp3) is 0.125. The maximum Gasteiger partial charge on any atom is 0.326 e. The predicted octanol–water partition coefficient (Wildman–Crippen LogP) is 1.69. The van der Waals surface area contributed by atoms with E-state index in [9.17, 15) is 14.7 Å². The van der Waals surface area contributed by atoms with Gasteiger partial charge in [-0.3, -0.25) is 4.79 Å². The number of carboxylic acid groups (broad SMARTS) is 1. The van der Waals surface area contributed by atoms with Gasteiger partial charge in [-0.2, -0.15) is 0 Å². The van der Waals surface area contributed by atoms with Crippen LogP contribution in [-0.4, -0.2) is 23.0 Å². The van der Waals surface area contributed by atoms with E-state index in [4.69, 9.17) is 5.73 Å². The molecule has 108 valence electrons. The minimum atomic E-state index is -1.08. The van der Waals surface area contributed by atoms with E-state index in [2.05, 4.69) is 5.32 Å². The van der Waals surface area contributed by atoms with Gasteiger partial charge in [0, 0.05) is 17.7 Å². The average molecular weight is 284 g/mol. The Labute approximate surface area is 122 Å². The zero-order chi connectivity index (χ0) is 15.2. The van der Waals surface area contributed by atoms with Crippen molar-refractivity contribution in [3.63, 3.8) is 0 Å². The van der Waals surface area contributed by atoms with Crippen molar-refractivity contribution in [2.24, 2.45) is 0 Å². The van der Waals surface area contributed by atoms with Crippen LogP contribution in [0, 0.1) is 0 Å². The van der Waals surface area contributed by atoms with Crippen molar-refractivity contribution >= 4 is 17.6 Å². The largest absolute Gasteiger partial charge is 0.480 e. The number of benzene rings is 2. The molecular formula is C16H16N2O3. The second kappa shape index (κ2) is 6.56. The lowest BCUT2D eigenvalue weighted by Gasteiger charge is -2.15. The maximum atomic E-state index is 12.0. The van der Waals surface area contributed by atoms with Gasteiger partial charge in [0.1, 0.15) is 6.04 Å². The number of rotatable bonds is 5. The Kier molecular flexibility index (Phi) is 4.56. The van der Waals surface area contributed by atoms with Gasteiger partial charge in [0.25, 0.3) is 5.91 Å². The summed E-state index contributed by atoms with van der Waals surface area (Å²) in [7, 11) is 0. The van der Waals surface area contributed by atoms with Crippen molar-refractivity contribution in [1.82, 2.24) is 5.32 Å². The predicted molar refractivity (Wildman–Crippen MR) is 79.9 cm³/mol. The van der Waals surface area contributed by atoms with Gasteiger partial charge < -0.3 is 16.2 Å². The molecule has 0 fully saturated rings. The molecule has 0 heterocycles. The minimum absolute atomic E-state index is 0.180. The molecule has 0 aliphatic carbocycles. The highest BCUT2D eigenvalue weighted by molar-refractivity contribution is 5.96. The zero-order valence-electron chi connectivity index (χ0n) is 11.3. The Morgan fingerprint density at radius 3 is 2.43 bits per heavy atom. The first kappa shape index (κ1) is 14.6. The van der Waals surface area contributed by atoms with E-state index in [1.54, 1.807) is 54.6 Å². The molecule has 2 aromatic carbocycles. The highest BCUT2D eigenvalue weighted by Crippen LogP contribution is 2.10. The summed E-state index contributed by atoms with van der Waals surface area (Å²) in [5, 5.41) is 11.8. The molecule has 4 N–H and O–H groups in total. The van der Waals surface area contributed by atoms with Gasteiger partial charge in [-0.1, -0.05) is 30.3 Å². The van der Waals surface area contributed by atoms with Crippen molar-refractivity contribution in [1.29, 1.82) is 0 Å². The molecule has 2 aromatic rings. The molecule has 1 atom stereocenters. The molecule has 2 rings (SSSR count). The van der Waals surface area contributed by atoms with Crippen LogP contribution >= 0.6 is 0 Å². The van der Waals surface area contributed by atoms with Crippen molar-refractivity contribution in [2.75, 3.05) is 5.73 Å². The number of carboxylic acids is 1. The third kappa shape index (κ3) is 4.07. The number of hydrogen-bond acceptors (Lipinski definition) is 3. The van der Waals surface area contributed by atoms with Crippen molar-refractivity contribution < 1.29 is 14.7 Å². The Balaban J connectivity index is 2.09. The number of anilines is 1. The number of nitrogen functional groups attached to an aromatic ring is 1. The molecule has 0 aliphatic heterocycles. The fourth-order valence-corrected chi connectivity index (χ4v) is 1.99. The molecule has 0 saturated heterocycles. The summed E-state index contributed by atoms with van der Waals surface area (Å²) in [5.41, 5.74) is 7.42. The summed E-state index contributed by atoms with van der Waals surface area (Å²) < 4.78 is 0. The average Bonchev–Trinajstić information content (AvgIpc) is 2.47. The van der Waals surface area contributed by atoms with Gasteiger partial charge in [-0.15, -0.1) is 0 Å². The van der Waals surface area contributed by atoms with Crippen molar-refractivity contribution in [3.8, 4) is 0 Å². The summed E-state index contributed by atoms with van der Waals surface area (Å²) in [6.07, 6.45) is 0.180. The summed E-state index contributed by atoms with van der Waals surface area (Å²) in [6.45, 7) is 0. The van der Waals surface area contributed by atoms with Crippen LogP contribution in [0.3, 0.4) is 0 Å². The quantitative estimate of drug-likeness (QED) is 0.728. The van der Waals surface area contributed by atoms with Crippen LogP contribution in [0.15, 0.2) is 54.6 Å². The van der Waals surface area contributed by atoms with Gasteiger partial charge in [-0.05, 0) is 29.8 Å². The lowest BCUT2D eigenvalue weighted by molar-refractivity contribution is -0.139. The first-order valence-corrected chi connectivity index (χ1v) is 6.49. The summed E-state index contributed by atoms with van der Waals surface area (Å²) in [6, 6.07) is 14.5. The molecule has 1 amide bonds. The molecule has 0 radical (unpaired) electrons. The molecule has 5 nitrogen and oxygen atoms in total. The number of carbonyl (C=O) groups is 2. The molecule has 0 aliphatic rings. The number of carbonyl (C=O) groups excluding carboxylic acids is 1. The molecule has 0 saturated carbocycles. The highest BCUT2D eigenvalue weighted by Gasteiger charge is 2.21. The van der Waals surface area contributed by atoms with E-state index in [1.165, 1.54) is 0 Å². The first-order chi connectivity index (χ1) is 10.1. The van der Waals surface area contributed by atoms with E-state index < -0.39 is 17.9 Å². The van der Waals surface area contributed by atoms with Crippen LogP contribution in [-0.2, 0) is 11.2 Å². The molecule has 0 bridgehead atoms. The molecule has 0 unspecified atom stereocenters. The molecule has 21 heavy (non-hydrogen) atoms. The third-order valence-corrected chi connectivity index (χ3v) is 3.03. The Morgan fingerprint density at radius 2 is 1.81 bits per heavy atom. The SMILES string of the molecule is Nc1cccc(C[C@H](NC(=O)c2ccccc2)C(=O)O)c1. The monoisotopic (exact) mass is 284 g/mol. The first-order valence-electron chi connectivity index (χ1n) is 6.49. The Hall–Kier alpha value is -2.82. The standard InChI is InChI=1S/C16H16N2O3/c17-13-8-4-5-11(9-13)10-14(16(20)21)18-15(19)12-6-2-1-3-7-12/h1-9,14H,10,17H2,(H,18,19)(H,20,21)/t14-/m0/s1. The second-order valence-electron chi connectivity index (χ2n) is 4.68. The van der Waals surface area contributed by atoms with Gasteiger partial charge >= 0.3 is 5.97 Å². The van der Waals surface area contributed by atoms with Crippen LogP contribution in [0.4, 0.5) is 5.69 Å². The van der Waals surface area contributed by atoms with Crippen molar-refractivity contribution in [3.05, 3.63) is 65.7 Å². The van der Waals surface area contributed by atoms with Gasteiger partial charge in [0.15, 0.2) is 0 Å². The summed E-state index contributed by atoms with van der Waals surface area (Å²) >= 11 is 0. The van der Waals surface area contributed by atoms with E-state index in [-0.39, 0.29) is 6.42 Å². The lowest BCUT2D eigenvalue weighted by atomic mass is 10.0. The maximum absolute atomic E-state index is 12.0. The van der Waals surface area contributed by atoms with Gasteiger partial charge in [-0.25, -0.2) is 4.79 Å². The van der Waals surface area contributed by atoms with Crippen LogP contribution in [0.1, 0.15) is 15.9 Å². The molecule has 0 aromatic heterocycles. The van der Waals surface area contributed by atoms with E-state index in [1.807, 2.05) is 0 Å². The second-order valence-corrected chi connectivity index (χ2v) is 4.68. The normalized spacial score (nSPS) is 11.6. The van der Waals surface area contributed by atoms with E-state index >= 15 is 0 Å². The van der Waals surface area contributed by atoms with Crippen LogP contribution in [0.25, 0.3) is 0 Å². The van der Waals surface area contributed by atoms with Gasteiger partial charge in [0.2, 0.25) is 0 Å². The number of amides is 1. The number of aliphatic carboxylic acids is 1. The van der Waals surface area contributed by atoms with Crippen LogP contribution in [0.5, 0.6) is 0 Å². The Bertz CT molecular complexity index is 641. The van der Waals surface area contributed by atoms with Crippen LogP contribution < -0.4 is 11.1 Å². The van der Waals surface area contributed by atoms with E-state index in [0.29, 0.717) is 11.3 Å². The molecule has 0 spiro atoms. The topological polar surface area (TPSA) is 92.4 Å². The number of nitrogens with one attached hydrogen (secondary N) is 1. The smallest absolute Gasteiger partial charge is 0.326 e. The van der Waals surface area contributed by atoms with Crippen molar-refractivity contribution in [2.45, 2.75) is 12.5 Å². The highest BCUT2D eigenvalue weighted by atomic mass is 16.4. The summed E-state index contributed by atoms with van der Waals surface area (Å²) in [4.78, 5) is 23.3. The number of hydrogen-bond donors (Lipinski definition) is 3.